The van der Waals surface area contributed by atoms with E-state index in [0.29, 0.717) is 0 Å². The minimum Gasteiger partial charge on any atom is -0.508 e. The van der Waals surface area contributed by atoms with Gasteiger partial charge in [0.1, 0.15) is 11.7 Å². The third kappa shape index (κ3) is 2.16. The van der Waals surface area contributed by atoms with Gasteiger partial charge in [-0.05, 0) is 24.3 Å². The van der Waals surface area contributed by atoms with Crippen molar-refractivity contribution in [3.8, 4) is 0 Å². The molecule has 0 heterocycles. The maximum atomic E-state index is 11.3. The summed E-state index contributed by atoms with van der Waals surface area (Å²) in [5.74, 6) is -4.70. The summed E-state index contributed by atoms with van der Waals surface area (Å²) in [5, 5.41) is 27.7. The minimum atomic E-state index is -2.86. The zero-order valence-electron chi connectivity index (χ0n) is 9.77. The highest BCUT2D eigenvalue weighted by Gasteiger charge is 2.32. The van der Waals surface area contributed by atoms with E-state index in [0.717, 1.165) is 12.1 Å². The Balaban J connectivity index is 2.83. The summed E-state index contributed by atoms with van der Waals surface area (Å²) >= 11 is 0. The first-order valence-electron chi connectivity index (χ1n) is 5.30. The van der Waals surface area contributed by atoms with Gasteiger partial charge in [-0.3, -0.25) is 4.79 Å². The lowest BCUT2D eigenvalue weighted by molar-refractivity contribution is -0.138. The molecule has 0 spiro atoms. The minimum absolute atomic E-state index is 0.0756. The van der Waals surface area contributed by atoms with Crippen LogP contribution in [-0.2, 0) is 15.1 Å². The van der Waals surface area contributed by atoms with Gasteiger partial charge in [0.05, 0.1) is 10.4 Å². The molecule has 1 aliphatic rings. The van der Waals surface area contributed by atoms with Gasteiger partial charge in [-0.1, -0.05) is 0 Å². The number of aliphatic hydroxyl groups is 1. The monoisotopic (exact) mass is 296 g/mol. The van der Waals surface area contributed by atoms with E-state index in [-0.39, 0.29) is 16.7 Å². The summed E-state index contributed by atoms with van der Waals surface area (Å²) < 4.78 is 22.5. The molecule has 0 bridgehead atoms. The van der Waals surface area contributed by atoms with Gasteiger partial charge in [0.25, 0.3) is 0 Å². The van der Waals surface area contributed by atoms with Gasteiger partial charge in [-0.15, -0.1) is 0 Å². The molecule has 1 aromatic rings. The number of carbonyl (C=O) groups is 2. The number of carboxylic acids is 2. The number of rotatable bonds is 2. The smallest absolute Gasteiger partial charge is 0.335 e. The lowest BCUT2D eigenvalue weighted by Gasteiger charge is -2.19. The number of aromatic carboxylic acids is 1. The van der Waals surface area contributed by atoms with Crippen LogP contribution in [-0.4, -0.2) is 40.5 Å². The molecule has 20 heavy (non-hydrogen) atoms. The molecule has 1 unspecified atom stereocenters. The number of benzene rings is 1. The molecule has 0 aromatic heterocycles. The van der Waals surface area contributed by atoms with Gasteiger partial charge < -0.3 is 15.3 Å². The van der Waals surface area contributed by atoms with Crippen LogP contribution in [0.2, 0.25) is 0 Å². The number of aliphatic hydroxyl groups excluding tert-OH is 1. The molecule has 7 nitrogen and oxygen atoms in total. The highest BCUT2D eigenvalue weighted by molar-refractivity contribution is 7.73. The standard InChI is InChI=1S/C12H8O7S/c13-9-4-8(12(16)17)10(20(18)19)7-3-5(11(14)15)1-2-6(7)9/h1-4,8,13H,(H,14,15)(H,16,17). The third-order valence-corrected chi connectivity index (χ3v) is 3.69. The molecule has 1 atom stereocenters. The first-order valence-corrected chi connectivity index (χ1v) is 6.38. The summed E-state index contributed by atoms with van der Waals surface area (Å²) in [4.78, 5) is 21.5. The van der Waals surface area contributed by atoms with Crippen molar-refractivity contribution >= 4 is 32.9 Å². The Kier molecular flexibility index (Phi) is 3.33. The van der Waals surface area contributed by atoms with Crippen LogP contribution in [0, 0.1) is 5.92 Å². The summed E-state index contributed by atoms with van der Waals surface area (Å²) in [6.07, 6.45) is 0.899. The van der Waals surface area contributed by atoms with Crippen LogP contribution in [0.3, 0.4) is 0 Å². The predicted molar refractivity (Wildman–Crippen MR) is 68.2 cm³/mol. The van der Waals surface area contributed by atoms with Crippen molar-refractivity contribution in [1.82, 2.24) is 0 Å². The Morgan fingerprint density at radius 1 is 1.10 bits per heavy atom. The molecule has 8 heteroatoms. The average Bonchev–Trinajstić information content (AvgIpc) is 2.37. The molecule has 0 amide bonds. The van der Waals surface area contributed by atoms with E-state index in [1.807, 2.05) is 0 Å². The van der Waals surface area contributed by atoms with Crippen LogP contribution in [0.1, 0.15) is 21.5 Å². The summed E-state index contributed by atoms with van der Waals surface area (Å²) in [6, 6.07) is 3.45. The molecular formula is C12H8O7S. The van der Waals surface area contributed by atoms with Crippen LogP contribution in [0.25, 0.3) is 5.76 Å². The first-order chi connectivity index (χ1) is 9.32. The Bertz CT molecular complexity index is 778. The molecule has 0 saturated heterocycles. The molecule has 104 valence electrons. The van der Waals surface area contributed by atoms with Crippen molar-refractivity contribution < 1.29 is 33.3 Å². The Labute approximate surface area is 113 Å². The molecule has 2 rings (SSSR count). The van der Waals surface area contributed by atoms with E-state index >= 15 is 0 Å². The molecule has 0 aliphatic heterocycles. The molecule has 0 fully saturated rings. The Morgan fingerprint density at radius 3 is 2.25 bits per heavy atom. The fourth-order valence-corrected chi connectivity index (χ4v) is 2.70. The summed E-state index contributed by atoms with van der Waals surface area (Å²) in [7, 11) is -2.86. The second-order valence-electron chi connectivity index (χ2n) is 4.03. The molecule has 0 saturated carbocycles. The predicted octanol–water partition coefficient (Wildman–Crippen LogP) is 0.398. The van der Waals surface area contributed by atoms with Crippen molar-refractivity contribution in [2.24, 2.45) is 5.92 Å². The number of hydrogen-bond donors (Lipinski definition) is 3. The number of hydrogen-bond acceptors (Lipinski definition) is 5. The Morgan fingerprint density at radius 2 is 1.75 bits per heavy atom. The number of aliphatic carboxylic acids is 1. The molecule has 3 N–H and O–H groups in total. The van der Waals surface area contributed by atoms with E-state index in [4.69, 9.17) is 10.2 Å². The van der Waals surface area contributed by atoms with Crippen LogP contribution in [0.5, 0.6) is 0 Å². The van der Waals surface area contributed by atoms with E-state index in [2.05, 4.69) is 0 Å². The largest absolute Gasteiger partial charge is 0.508 e. The van der Waals surface area contributed by atoms with Crippen molar-refractivity contribution in [1.29, 1.82) is 0 Å². The van der Waals surface area contributed by atoms with Crippen LogP contribution in [0.15, 0.2) is 24.3 Å². The summed E-state index contributed by atoms with van der Waals surface area (Å²) in [6.45, 7) is 0. The Hall–Kier alpha value is -2.61. The highest BCUT2D eigenvalue weighted by Crippen LogP contribution is 2.29. The molecule has 0 radical (unpaired) electrons. The quantitative estimate of drug-likeness (QED) is 0.673. The maximum Gasteiger partial charge on any atom is 0.335 e. The van der Waals surface area contributed by atoms with E-state index < -0.39 is 38.8 Å². The molecular weight excluding hydrogens is 288 g/mol. The van der Waals surface area contributed by atoms with Crippen molar-refractivity contribution in [3.63, 3.8) is 0 Å². The molecule has 1 aromatic carbocycles. The summed E-state index contributed by atoms with van der Waals surface area (Å²) in [5.41, 5.74) is -0.247. The zero-order valence-corrected chi connectivity index (χ0v) is 10.6. The third-order valence-electron chi connectivity index (χ3n) is 2.86. The number of fused-ring (bicyclic) bond motifs is 1. The fourth-order valence-electron chi connectivity index (χ4n) is 1.97. The van der Waals surface area contributed by atoms with Gasteiger partial charge in [0, 0.05) is 11.1 Å². The number of carboxylic acid groups (broad SMARTS) is 2. The van der Waals surface area contributed by atoms with Crippen LogP contribution >= 0.6 is 0 Å². The van der Waals surface area contributed by atoms with Gasteiger partial charge >= 0.3 is 11.9 Å². The lowest BCUT2D eigenvalue weighted by Crippen LogP contribution is -2.28. The fraction of sp³-hybridized carbons (Fsp3) is 0.0833. The lowest BCUT2D eigenvalue weighted by atomic mass is 9.87. The van der Waals surface area contributed by atoms with Gasteiger partial charge in [0.2, 0.25) is 10.3 Å². The van der Waals surface area contributed by atoms with Crippen molar-refractivity contribution in [2.45, 2.75) is 0 Å². The zero-order chi connectivity index (χ0) is 15.0. The normalized spacial score (nSPS) is 17.1. The van der Waals surface area contributed by atoms with Crippen LogP contribution < -0.4 is 0 Å². The topological polar surface area (TPSA) is 129 Å². The molecule has 1 aliphatic carbocycles. The van der Waals surface area contributed by atoms with E-state index in [1.165, 1.54) is 12.1 Å². The van der Waals surface area contributed by atoms with Crippen molar-refractivity contribution in [2.75, 3.05) is 0 Å². The SMILES string of the molecule is O=C(O)c1ccc2c(c1)C(=S(=O)=O)C(C(=O)O)C=C2O. The average molecular weight is 296 g/mol. The maximum absolute atomic E-state index is 11.3. The van der Waals surface area contributed by atoms with Crippen LogP contribution in [0.4, 0.5) is 0 Å². The van der Waals surface area contributed by atoms with E-state index in [1.54, 1.807) is 0 Å². The van der Waals surface area contributed by atoms with Gasteiger partial charge in [-0.2, -0.15) is 8.42 Å². The van der Waals surface area contributed by atoms with Gasteiger partial charge in [-0.25, -0.2) is 4.79 Å². The highest BCUT2D eigenvalue weighted by atomic mass is 32.2. The second kappa shape index (κ2) is 4.82. The van der Waals surface area contributed by atoms with E-state index in [9.17, 15) is 23.1 Å². The second-order valence-corrected chi connectivity index (χ2v) is 4.94. The first kappa shape index (κ1) is 13.8. The van der Waals surface area contributed by atoms with Crippen molar-refractivity contribution in [3.05, 3.63) is 41.0 Å². The van der Waals surface area contributed by atoms with Gasteiger partial charge in [0.15, 0.2) is 0 Å².